The molecule has 6 aromatic rings. The molecule has 1 heterocycles. The summed E-state index contributed by atoms with van der Waals surface area (Å²) in [4.78, 5) is 4.86. The fraction of sp³-hybridized carbons (Fsp3) is 0.0645. The lowest BCUT2D eigenvalue weighted by molar-refractivity contribution is 1.45. The van der Waals surface area contributed by atoms with Crippen molar-refractivity contribution in [3.63, 3.8) is 0 Å². The minimum Gasteiger partial charge on any atom is -0.236 e. The van der Waals surface area contributed by atoms with Crippen molar-refractivity contribution in [1.82, 2.24) is 4.98 Å². The van der Waals surface area contributed by atoms with Gasteiger partial charge in [-0.25, -0.2) is 4.98 Å². The second-order valence-electron chi connectivity index (χ2n) is 8.63. The summed E-state index contributed by atoms with van der Waals surface area (Å²) in [6.07, 6.45) is 0. The minimum atomic E-state index is 1.06. The summed E-state index contributed by atoms with van der Waals surface area (Å²) in [5.41, 5.74) is 9.79. The van der Waals surface area contributed by atoms with Crippen LogP contribution in [0.4, 0.5) is 0 Å². The average molecular weight is 442 g/mol. The van der Waals surface area contributed by atoms with Gasteiger partial charge in [-0.15, -0.1) is 11.3 Å². The van der Waals surface area contributed by atoms with Crippen LogP contribution in [-0.2, 0) is 0 Å². The summed E-state index contributed by atoms with van der Waals surface area (Å²) in [6.45, 7) is 4.36. The molecule has 0 fully saturated rings. The molecule has 1 nitrogen and oxygen atoms in total. The van der Waals surface area contributed by atoms with Crippen LogP contribution in [0.25, 0.3) is 53.8 Å². The monoisotopic (exact) mass is 441 g/mol. The predicted molar refractivity (Wildman–Crippen MR) is 143 cm³/mol. The molecule has 0 saturated carbocycles. The molecule has 158 valence electrons. The summed E-state index contributed by atoms with van der Waals surface area (Å²) < 4.78 is 1.22. The smallest absolute Gasteiger partial charge is 0.124 e. The SMILES string of the molecule is Cc1cc(-c2cccc(-c3nc4ccccc4s3)c2)cc(-c2ccc(C)c3ccccc23)c1. The van der Waals surface area contributed by atoms with Gasteiger partial charge in [-0.1, -0.05) is 78.9 Å². The van der Waals surface area contributed by atoms with Gasteiger partial charge in [0.15, 0.2) is 0 Å². The van der Waals surface area contributed by atoms with Crippen molar-refractivity contribution in [2.75, 3.05) is 0 Å². The van der Waals surface area contributed by atoms with Crippen molar-refractivity contribution >= 4 is 32.3 Å². The minimum absolute atomic E-state index is 1.06. The van der Waals surface area contributed by atoms with Gasteiger partial charge in [-0.3, -0.25) is 0 Å². The van der Waals surface area contributed by atoms with Crippen molar-refractivity contribution in [2.24, 2.45) is 0 Å². The van der Waals surface area contributed by atoms with E-state index in [1.165, 1.54) is 48.9 Å². The number of thiazole rings is 1. The quantitative estimate of drug-likeness (QED) is 0.267. The molecule has 5 aromatic carbocycles. The molecule has 0 spiro atoms. The third-order valence-corrected chi connectivity index (χ3v) is 7.35. The van der Waals surface area contributed by atoms with E-state index in [2.05, 4.69) is 111 Å². The first-order chi connectivity index (χ1) is 16.2. The Kier molecular flexibility index (Phi) is 4.82. The van der Waals surface area contributed by atoms with E-state index in [9.17, 15) is 0 Å². The molecule has 0 aliphatic carbocycles. The number of hydrogen-bond donors (Lipinski definition) is 0. The van der Waals surface area contributed by atoms with Gasteiger partial charge in [0.05, 0.1) is 10.2 Å². The van der Waals surface area contributed by atoms with Crippen LogP contribution >= 0.6 is 11.3 Å². The van der Waals surface area contributed by atoms with Crippen LogP contribution < -0.4 is 0 Å². The van der Waals surface area contributed by atoms with Gasteiger partial charge >= 0.3 is 0 Å². The zero-order valence-electron chi connectivity index (χ0n) is 18.7. The largest absolute Gasteiger partial charge is 0.236 e. The maximum absolute atomic E-state index is 4.86. The fourth-order valence-electron chi connectivity index (χ4n) is 4.63. The highest BCUT2D eigenvalue weighted by atomic mass is 32.1. The highest BCUT2D eigenvalue weighted by Crippen LogP contribution is 2.36. The first kappa shape index (κ1) is 19.9. The first-order valence-electron chi connectivity index (χ1n) is 11.2. The number of fused-ring (bicyclic) bond motifs is 2. The Morgan fingerprint density at radius 3 is 2.18 bits per heavy atom. The second kappa shape index (κ2) is 7.99. The molecule has 0 N–H and O–H groups in total. The molecule has 0 unspecified atom stereocenters. The summed E-state index contributed by atoms with van der Waals surface area (Å²) in [6, 6.07) is 37.2. The molecule has 0 amide bonds. The zero-order valence-corrected chi connectivity index (χ0v) is 19.5. The highest BCUT2D eigenvalue weighted by molar-refractivity contribution is 7.21. The molecule has 0 bridgehead atoms. The van der Waals surface area contributed by atoms with Gasteiger partial charge in [-0.05, 0) is 82.3 Å². The normalized spacial score (nSPS) is 11.3. The Hall–Kier alpha value is -3.75. The lowest BCUT2D eigenvalue weighted by Gasteiger charge is -2.13. The lowest BCUT2D eigenvalue weighted by atomic mass is 9.92. The summed E-state index contributed by atoms with van der Waals surface area (Å²) in [5.74, 6) is 0. The van der Waals surface area contributed by atoms with E-state index in [1.807, 2.05) is 6.07 Å². The first-order valence-corrected chi connectivity index (χ1v) is 12.0. The van der Waals surface area contributed by atoms with Crippen molar-refractivity contribution in [1.29, 1.82) is 0 Å². The van der Waals surface area contributed by atoms with E-state index >= 15 is 0 Å². The Morgan fingerprint density at radius 2 is 1.30 bits per heavy atom. The molecule has 0 aliphatic heterocycles. The molecule has 1 aromatic heterocycles. The topological polar surface area (TPSA) is 12.9 Å². The molecule has 0 atom stereocenters. The van der Waals surface area contributed by atoms with E-state index < -0.39 is 0 Å². The van der Waals surface area contributed by atoms with Gasteiger partial charge in [0.2, 0.25) is 0 Å². The van der Waals surface area contributed by atoms with Crippen molar-refractivity contribution < 1.29 is 0 Å². The second-order valence-corrected chi connectivity index (χ2v) is 9.66. The van der Waals surface area contributed by atoms with E-state index in [1.54, 1.807) is 11.3 Å². The number of aromatic nitrogens is 1. The molecule has 33 heavy (non-hydrogen) atoms. The Labute approximate surface area is 198 Å². The van der Waals surface area contributed by atoms with Crippen LogP contribution in [0.3, 0.4) is 0 Å². The van der Waals surface area contributed by atoms with Crippen LogP contribution in [-0.4, -0.2) is 4.98 Å². The van der Waals surface area contributed by atoms with Crippen molar-refractivity contribution in [2.45, 2.75) is 13.8 Å². The molecule has 0 aliphatic rings. The number of aryl methyl sites for hydroxylation is 2. The predicted octanol–water partition coefficient (Wildman–Crippen LogP) is 9.07. The van der Waals surface area contributed by atoms with Crippen LogP contribution in [0, 0.1) is 13.8 Å². The maximum atomic E-state index is 4.86. The Morgan fingerprint density at radius 1 is 0.576 bits per heavy atom. The Bertz CT molecular complexity index is 1610. The average Bonchev–Trinajstić information content (AvgIpc) is 3.29. The molecule has 2 heteroatoms. The van der Waals surface area contributed by atoms with E-state index in [4.69, 9.17) is 4.98 Å². The van der Waals surface area contributed by atoms with E-state index in [0.29, 0.717) is 0 Å². The van der Waals surface area contributed by atoms with Crippen molar-refractivity contribution in [3.05, 3.63) is 114 Å². The van der Waals surface area contributed by atoms with E-state index in [-0.39, 0.29) is 0 Å². The maximum Gasteiger partial charge on any atom is 0.124 e. The fourth-order valence-corrected chi connectivity index (χ4v) is 5.60. The number of para-hydroxylation sites is 1. The van der Waals surface area contributed by atoms with Gasteiger partial charge < -0.3 is 0 Å². The van der Waals surface area contributed by atoms with E-state index in [0.717, 1.165) is 16.1 Å². The lowest BCUT2D eigenvalue weighted by Crippen LogP contribution is -1.88. The third-order valence-electron chi connectivity index (χ3n) is 6.27. The van der Waals surface area contributed by atoms with Crippen molar-refractivity contribution in [3.8, 4) is 32.8 Å². The number of rotatable bonds is 3. The molecule has 0 radical (unpaired) electrons. The van der Waals surface area contributed by atoms with Gasteiger partial charge in [0.1, 0.15) is 5.01 Å². The van der Waals surface area contributed by atoms with Gasteiger partial charge in [0, 0.05) is 5.56 Å². The zero-order chi connectivity index (χ0) is 22.4. The molecule has 6 rings (SSSR count). The number of hydrogen-bond acceptors (Lipinski definition) is 2. The van der Waals surface area contributed by atoms with Crippen LogP contribution in [0.2, 0.25) is 0 Å². The summed E-state index contributed by atoms with van der Waals surface area (Å²) >= 11 is 1.75. The standard InChI is InChI=1S/C31H23NS/c1-20-16-24(19-25(17-20)27-15-14-21(2)26-10-3-4-11-28(26)27)22-8-7-9-23(18-22)31-32-29-12-5-6-13-30(29)33-31/h3-19H,1-2H3. The van der Waals surface area contributed by atoms with Crippen LogP contribution in [0.15, 0.2) is 103 Å². The van der Waals surface area contributed by atoms with Gasteiger partial charge in [-0.2, -0.15) is 0 Å². The van der Waals surface area contributed by atoms with Crippen LogP contribution in [0.5, 0.6) is 0 Å². The van der Waals surface area contributed by atoms with Gasteiger partial charge in [0.25, 0.3) is 0 Å². The molecular weight excluding hydrogens is 418 g/mol. The molecule has 0 saturated heterocycles. The highest BCUT2D eigenvalue weighted by Gasteiger charge is 2.11. The summed E-state index contributed by atoms with van der Waals surface area (Å²) in [5, 5.41) is 3.68. The molecular formula is C31H23NS. The van der Waals surface area contributed by atoms with Crippen LogP contribution in [0.1, 0.15) is 11.1 Å². The number of nitrogens with zero attached hydrogens (tertiary/aromatic N) is 1. The summed E-state index contributed by atoms with van der Waals surface area (Å²) in [7, 11) is 0. The Balaban J connectivity index is 1.47. The number of benzene rings is 5. The third kappa shape index (κ3) is 3.63.